The number of hydrogen-bond donors (Lipinski definition) is 1. The molecule has 1 heterocycles. The summed E-state index contributed by atoms with van der Waals surface area (Å²) in [5.41, 5.74) is 9.57. The summed E-state index contributed by atoms with van der Waals surface area (Å²) >= 11 is 0. The van der Waals surface area contributed by atoms with Crippen molar-refractivity contribution in [2.24, 2.45) is 5.92 Å². The van der Waals surface area contributed by atoms with Crippen LogP contribution in [-0.2, 0) is 6.42 Å². The first kappa shape index (κ1) is 9.50. The van der Waals surface area contributed by atoms with Gasteiger partial charge < -0.3 is 5.73 Å². The van der Waals surface area contributed by atoms with E-state index in [4.69, 9.17) is 5.73 Å². The van der Waals surface area contributed by atoms with E-state index in [-0.39, 0.29) is 0 Å². The zero-order valence-electron chi connectivity index (χ0n) is 8.96. The van der Waals surface area contributed by atoms with Crippen molar-refractivity contribution in [3.05, 3.63) is 23.5 Å². The molecule has 0 saturated heterocycles. The highest BCUT2D eigenvalue weighted by Gasteiger charge is 2.24. The third-order valence-electron chi connectivity index (χ3n) is 3.27. The Morgan fingerprint density at radius 1 is 1.43 bits per heavy atom. The SMILES string of the molecule is CC(C)C1CCCc2c(N)cncc21. The Bertz CT molecular complexity index is 331. The molecule has 1 aromatic heterocycles. The van der Waals surface area contributed by atoms with Gasteiger partial charge in [-0.3, -0.25) is 4.98 Å². The van der Waals surface area contributed by atoms with E-state index < -0.39 is 0 Å². The summed E-state index contributed by atoms with van der Waals surface area (Å²) < 4.78 is 0. The van der Waals surface area contributed by atoms with E-state index >= 15 is 0 Å². The van der Waals surface area contributed by atoms with Crippen LogP contribution in [-0.4, -0.2) is 4.98 Å². The summed E-state index contributed by atoms with van der Waals surface area (Å²) in [4.78, 5) is 4.21. The maximum Gasteiger partial charge on any atom is 0.0536 e. The van der Waals surface area contributed by atoms with Gasteiger partial charge in [-0.2, -0.15) is 0 Å². The molecule has 0 amide bonds. The second-order valence-corrected chi connectivity index (χ2v) is 4.54. The second-order valence-electron chi connectivity index (χ2n) is 4.54. The largest absolute Gasteiger partial charge is 0.397 e. The van der Waals surface area contributed by atoms with Gasteiger partial charge in [-0.25, -0.2) is 0 Å². The van der Waals surface area contributed by atoms with Gasteiger partial charge in [-0.05, 0) is 42.2 Å². The first-order valence-electron chi connectivity index (χ1n) is 5.42. The molecule has 0 fully saturated rings. The number of pyridine rings is 1. The van der Waals surface area contributed by atoms with Gasteiger partial charge in [0.2, 0.25) is 0 Å². The molecule has 0 spiro atoms. The predicted octanol–water partition coefficient (Wildman–Crippen LogP) is 2.74. The summed E-state index contributed by atoms with van der Waals surface area (Å²) in [6, 6.07) is 0. The van der Waals surface area contributed by atoms with E-state index in [1.54, 1.807) is 6.20 Å². The van der Waals surface area contributed by atoms with Crippen LogP contribution in [0.3, 0.4) is 0 Å². The first-order valence-corrected chi connectivity index (χ1v) is 5.42. The third-order valence-corrected chi connectivity index (χ3v) is 3.27. The zero-order chi connectivity index (χ0) is 10.1. The van der Waals surface area contributed by atoms with Crippen LogP contribution in [0.1, 0.15) is 43.7 Å². The Balaban J connectivity index is 2.44. The summed E-state index contributed by atoms with van der Waals surface area (Å²) in [5, 5.41) is 0. The number of nitrogen functional groups attached to an aromatic ring is 1. The minimum Gasteiger partial charge on any atom is -0.397 e. The topological polar surface area (TPSA) is 38.9 Å². The van der Waals surface area contributed by atoms with Crippen molar-refractivity contribution in [1.82, 2.24) is 4.98 Å². The first-order chi connectivity index (χ1) is 6.70. The number of nitrogens with zero attached hydrogens (tertiary/aromatic N) is 1. The van der Waals surface area contributed by atoms with Gasteiger partial charge in [0.1, 0.15) is 0 Å². The fraction of sp³-hybridized carbons (Fsp3) is 0.583. The second kappa shape index (κ2) is 3.60. The molecule has 1 atom stereocenters. The van der Waals surface area contributed by atoms with E-state index in [0.29, 0.717) is 11.8 Å². The van der Waals surface area contributed by atoms with Gasteiger partial charge in [0.05, 0.1) is 11.9 Å². The number of nitrogens with two attached hydrogens (primary N) is 1. The highest BCUT2D eigenvalue weighted by molar-refractivity contribution is 5.50. The molecule has 76 valence electrons. The van der Waals surface area contributed by atoms with Crippen LogP contribution in [0.15, 0.2) is 12.4 Å². The Labute approximate surface area is 85.5 Å². The minimum absolute atomic E-state index is 0.662. The lowest BCUT2D eigenvalue weighted by molar-refractivity contribution is 0.433. The van der Waals surface area contributed by atoms with Crippen LogP contribution < -0.4 is 5.73 Å². The van der Waals surface area contributed by atoms with Crippen molar-refractivity contribution in [2.45, 2.75) is 39.0 Å². The molecule has 14 heavy (non-hydrogen) atoms. The fourth-order valence-electron chi connectivity index (χ4n) is 2.48. The third kappa shape index (κ3) is 1.49. The van der Waals surface area contributed by atoms with Gasteiger partial charge in [-0.15, -0.1) is 0 Å². The number of aromatic nitrogens is 1. The summed E-state index contributed by atoms with van der Waals surface area (Å²) in [5.74, 6) is 1.35. The van der Waals surface area contributed by atoms with Crippen LogP contribution >= 0.6 is 0 Å². The van der Waals surface area contributed by atoms with Crippen molar-refractivity contribution in [3.63, 3.8) is 0 Å². The maximum absolute atomic E-state index is 5.94. The van der Waals surface area contributed by atoms with Crippen molar-refractivity contribution in [1.29, 1.82) is 0 Å². The lowest BCUT2D eigenvalue weighted by Crippen LogP contribution is -2.16. The molecule has 1 aliphatic carbocycles. The monoisotopic (exact) mass is 190 g/mol. The summed E-state index contributed by atoms with van der Waals surface area (Å²) in [6.07, 6.45) is 7.48. The Morgan fingerprint density at radius 2 is 2.21 bits per heavy atom. The van der Waals surface area contributed by atoms with E-state index in [2.05, 4.69) is 18.8 Å². The average Bonchev–Trinajstić information content (AvgIpc) is 2.17. The molecule has 0 aromatic carbocycles. The number of rotatable bonds is 1. The van der Waals surface area contributed by atoms with Crippen molar-refractivity contribution >= 4 is 5.69 Å². The van der Waals surface area contributed by atoms with Gasteiger partial charge in [0, 0.05) is 6.20 Å². The van der Waals surface area contributed by atoms with Crippen LogP contribution in [0.5, 0.6) is 0 Å². The molecule has 0 saturated carbocycles. The molecule has 0 radical (unpaired) electrons. The molecule has 1 aromatic rings. The Hall–Kier alpha value is -1.05. The number of fused-ring (bicyclic) bond motifs is 1. The smallest absolute Gasteiger partial charge is 0.0536 e. The molecule has 2 nitrogen and oxygen atoms in total. The van der Waals surface area contributed by atoms with Crippen molar-refractivity contribution < 1.29 is 0 Å². The van der Waals surface area contributed by atoms with Crippen molar-refractivity contribution in [3.8, 4) is 0 Å². The lowest BCUT2D eigenvalue weighted by Gasteiger charge is -2.28. The maximum atomic E-state index is 5.94. The van der Waals surface area contributed by atoms with Gasteiger partial charge in [0.25, 0.3) is 0 Å². The molecule has 0 bridgehead atoms. The molecule has 2 rings (SSSR count). The summed E-state index contributed by atoms with van der Waals surface area (Å²) in [7, 11) is 0. The average molecular weight is 190 g/mol. The highest BCUT2D eigenvalue weighted by atomic mass is 14.7. The molecule has 1 aliphatic rings. The number of anilines is 1. The molecule has 2 N–H and O–H groups in total. The molecule has 1 unspecified atom stereocenters. The Morgan fingerprint density at radius 3 is 2.93 bits per heavy atom. The van der Waals surface area contributed by atoms with Crippen LogP contribution in [0.4, 0.5) is 5.69 Å². The van der Waals surface area contributed by atoms with Crippen LogP contribution in [0, 0.1) is 5.92 Å². The number of hydrogen-bond acceptors (Lipinski definition) is 2. The van der Waals surface area contributed by atoms with E-state index in [9.17, 15) is 0 Å². The quantitative estimate of drug-likeness (QED) is 0.739. The Kier molecular flexibility index (Phi) is 2.44. The fourth-order valence-corrected chi connectivity index (χ4v) is 2.48. The highest BCUT2D eigenvalue weighted by Crippen LogP contribution is 2.37. The normalized spacial score (nSPS) is 20.9. The predicted molar refractivity (Wildman–Crippen MR) is 59.2 cm³/mol. The van der Waals surface area contributed by atoms with Gasteiger partial charge >= 0.3 is 0 Å². The zero-order valence-corrected chi connectivity index (χ0v) is 8.96. The molecule has 2 heteroatoms. The lowest BCUT2D eigenvalue weighted by atomic mass is 9.77. The van der Waals surface area contributed by atoms with Gasteiger partial charge in [-0.1, -0.05) is 13.8 Å². The van der Waals surface area contributed by atoms with Crippen molar-refractivity contribution in [2.75, 3.05) is 5.73 Å². The minimum atomic E-state index is 0.662. The molecule has 0 aliphatic heterocycles. The van der Waals surface area contributed by atoms with E-state index in [1.807, 2.05) is 6.20 Å². The van der Waals surface area contributed by atoms with Gasteiger partial charge in [0.15, 0.2) is 0 Å². The standard InChI is InChI=1S/C12H18N2/c1-8(2)9-4-3-5-10-11(9)6-14-7-12(10)13/h6-9H,3-5,13H2,1-2H3. The summed E-state index contributed by atoms with van der Waals surface area (Å²) in [6.45, 7) is 4.56. The van der Waals surface area contributed by atoms with Crippen LogP contribution in [0.2, 0.25) is 0 Å². The molecular formula is C12H18N2. The van der Waals surface area contributed by atoms with E-state index in [0.717, 1.165) is 12.1 Å². The van der Waals surface area contributed by atoms with E-state index in [1.165, 1.54) is 24.0 Å². The molecular weight excluding hydrogens is 172 g/mol. The van der Waals surface area contributed by atoms with Crippen LogP contribution in [0.25, 0.3) is 0 Å².